The number of rotatable bonds is 6. The number of piperazine rings is 1. The second-order valence-corrected chi connectivity index (χ2v) is 9.80. The van der Waals surface area contributed by atoms with Crippen LogP contribution in [-0.2, 0) is 11.3 Å². The van der Waals surface area contributed by atoms with Crippen LogP contribution < -0.4 is 10.6 Å². The highest BCUT2D eigenvalue weighted by Gasteiger charge is 2.41. The quantitative estimate of drug-likeness (QED) is 0.521. The number of hydrogen-bond acceptors (Lipinski definition) is 9. The van der Waals surface area contributed by atoms with E-state index in [-0.39, 0.29) is 24.6 Å². The Bertz CT molecular complexity index is 1110. The number of aromatic nitrogens is 2. The van der Waals surface area contributed by atoms with E-state index in [0.717, 1.165) is 29.3 Å². The molecule has 1 aromatic carbocycles. The molecule has 0 saturated carbocycles. The number of hydrogen-bond donors (Lipinski definition) is 3. The summed E-state index contributed by atoms with van der Waals surface area (Å²) in [5.41, 5.74) is 3.87. The van der Waals surface area contributed by atoms with Crippen molar-refractivity contribution in [3.8, 4) is 0 Å². The minimum atomic E-state index is -4.59. The van der Waals surface area contributed by atoms with E-state index < -0.39 is 24.5 Å². The van der Waals surface area contributed by atoms with Crippen LogP contribution in [-0.4, -0.2) is 81.8 Å². The Hall–Kier alpha value is -2.90. The Kier molecular flexibility index (Phi) is 7.95. The standard InChI is InChI=1S/C24H33F3N6O4/c1-13-9-17(12-32-7-8-33(14(2)11-32)23(35)36-16(4)24(25,26)27)15(3)18(10-13)29-22-31-30-21(37-22)20-19(34)5-6-28-20/h9-10,14,16,19-20,28,34H,5-8,11-12H2,1-4H3,(H,29,31)/t14-,16?,19+,20-/m0/s1. The molecule has 1 aromatic heterocycles. The van der Waals surface area contributed by atoms with Crippen LogP contribution >= 0.6 is 0 Å². The van der Waals surface area contributed by atoms with Crippen molar-refractivity contribution in [3.63, 3.8) is 0 Å². The number of aliphatic hydroxyl groups is 1. The summed E-state index contributed by atoms with van der Waals surface area (Å²) in [7, 11) is 0. The molecule has 0 spiro atoms. The molecular formula is C24H33F3N6O4. The lowest BCUT2D eigenvalue weighted by Crippen LogP contribution is -2.54. The Balaban J connectivity index is 1.39. The predicted octanol–water partition coefficient (Wildman–Crippen LogP) is 3.42. The van der Waals surface area contributed by atoms with Gasteiger partial charge in [-0.1, -0.05) is 11.2 Å². The summed E-state index contributed by atoms with van der Waals surface area (Å²) in [6.45, 7) is 9.12. The predicted molar refractivity (Wildman–Crippen MR) is 128 cm³/mol. The van der Waals surface area contributed by atoms with Gasteiger partial charge in [0.15, 0.2) is 6.10 Å². The molecule has 204 valence electrons. The second-order valence-electron chi connectivity index (χ2n) is 9.80. The van der Waals surface area contributed by atoms with E-state index >= 15 is 0 Å². The topological polar surface area (TPSA) is 116 Å². The molecule has 2 aliphatic rings. The Labute approximate surface area is 213 Å². The number of aryl methyl sites for hydroxylation is 1. The van der Waals surface area contributed by atoms with Crippen LogP contribution in [0.15, 0.2) is 16.5 Å². The van der Waals surface area contributed by atoms with Gasteiger partial charge >= 0.3 is 18.3 Å². The third kappa shape index (κ3) is 6.33. The Morgan fingerprint density at radius 1 is 1.32 bits per heavy atom. The molecule has 3 heterocycles. The third-order valence-corrected chi connectivity index (χ3v) is 6.88. The fourth-order valence-corrected chi connectivity index (χ4v) is 4.67. The average Bonchev–Trinajstić information content (AvgIpc) is 3.44. The van der Waals surface area contributed by atoms with E-state index in [9.17, 15) is 23.1 Å². The number of nitrogens with one attached hydrogen (secondary N) is 2. The Morgan fingerprint density at radius 3 is 2.73 bits per heavy atom. The highest BCUT2D eigenvalue weighted by atomic mass is 19.4. The minimum Gasteiger partial charge on any atom is -0.437 e. The SMILES string of the molecule is Cc1cc(CN2CCN(C(=O)OC(C)C(F)(F)F)[C@@H](C)C2)c(C)c(Nc2nnc([C@H]3NCC[C@H]3O)o2)c1. The zero-order chi connectivity index (χ0) is 26.9. The van der Waals surface area contributed by atoms with Crippen molar-refractivity contribution < 1.29 is 32.2 Å². The van der Waals surface area contributed by atoms with Gasteiger partial charge in [-0.3, -0.25) is 4.90 Å². The monoisotopic (exact) mass is 526 g/mol. The normalized spacial score (nSPS) is 23.8. The highest BCUT2D eigenvalue weighted by Crippen LogP contribution is 2.29. The zero-order valence-corrected chi connectivity index (χ0v) is 21.3. The fraction of sp³-hybridized carbons (Fsp3) is 0.625. The molecule has 2 aliphatic heterocycles. The van der Waals surface area contributed by atoms with Gasteiger partial charge in [0.25, 0.3) is 0 Å². The number of alkyl halides is 3. The summed E-state index contributed by atoms with van der Waals surface area (Å²) in [5.74, 6) is 0.327. The van der Waals surface area contributed by atoms with E-state index in [1.165, 1.54) is 4.90 Å². The summed E-state index contributed by atoms with van der Waals surface area (Å²) < 4.78 is 48.7. The van der Waals surface area contributed by atoms with Crippen molar-refractivity contribution in [2.75, 3.05) is 31.5 Å². The summed E-state index contributed by atoms with van der Waals surface area (Å²) in [6, 6.07) is 3.59. The van der Waals surface area contributed by atoms with Crippen molar-refractivity contribution >= 4 is 17.8 Å². The molecule has 37 heavy (non-hydrogen) atoms. The maximum atomic E-state index is 12.8. The number of benzene rings is 1. The van der Waals surface area contributed by atoms with E-state index in [1.54, 1.807) is 6.92 Å². The first-order valence-corrected chi connectivity index (χ1v) is 12.3. The van der Waals surface area contributed by atoms with Crippen molar-refractivity contribution in [1.82, 2.24) is 25.3 Å². The number of anilines is 2. The van der Waals surface area contributed by atoms with Crippen molar-refractivity contribution in [2.24, 2.45) is 0 Å². The first-order valence-electron chi connectivity index (χ1n) is 12.3. The summed E-state index contributed by atoms with van der Waals surface area (Å²) in [5, 5.41) is 24.5. The molecule has 10 nitrogen and oxygen atoms in total. The van der Waals surface area contributed by atoms with Crippen LogP contribution in [0.25, 0.3) is 0 Å². The summed E-state index contributed by atoms with van der Waals surface area (Å²) in [6.07, 6.45) is -7.64. The maximum absolute atomic E-state index is 12.8. The zero-order valence-electron chi connectivity index (χ0n) is 21.3. The van der Waals surface area contributed by atoms with Gasteiger partial charge in [-0.25, -0.2) is 4.79 Å². The van der Waals surface area contributed by atoms with Crippen LogP contribution in [0, 0.1) is 13.8 Å². The van der Waals surface area contributed by atoms with Crippen LogP contribution in [0.5, 0.6) is 0 Å². The smallest absolute Gasteiger partial charge is 0.425 e. The largest absolute Gasteiger partial charge is 0.437 e. The number of ether oxygens (including phenoxy) is 1. The lowest BCUT2D eigenvalue weighted by Gasteiger charge is -2.39. The molecule has 2 fully saturated rings. The molecule has 4 atom stereocenters. The molecule has 3 N–H and O–H groups in total. The van der Waals surface area contributed by atoms with Gasteiger partial charge in [0.2, 0.25) is 5.89 Å². The van der Waals surface area contributed by atoms with E-state index in [0.29, 0.717) is 38.5 Å². The van der Waals surface area contributed by atoms with Crippen LogP contribution in [0.4, 0.5) is 29.7 Å². The number of halogens is 3. The van der Waals surface area contributed by atoms with Crippen LogP contribution in [0.1, 0.15) is 48.9 Å². The van der Waals surface area contributed by atoms with Crippen molar-refractivity contribution in [3.05, 3.63) is 34.7 Å². The first kappa shape index (κ1) is 27.1. The molecule has 2 saturated heterocycles. The van der Waals surface area contributed by atoms with Gasteiger partial charge in [-0.15, -0.1) is 5.10 Å². The number of carbonyl (C=O) groups is 1. The number of amides is 1. The van der Waals surface area contributed by atoms with Crippen LogP contribution in [0.3, 0.4) is 0 Å². The van der Waals surface area contributed by atoms with Gasteiger partial charge in [0, 0.05) is 37.9 Å². The van der Waals surface area contributed by atoms with Crippen molar-refractivity contribution in [2.45, 2.75) is 71.1 Å². The molecule has 0 aliphatic carbocycles. The molecular weight excluding hydrogens is 493 g/mol. The molecule has 1 amide bonds. The molecule has 2 aromatic rings. The number of aliphatic hydroxyl groups excluding tert-OH is 1. The van der Waals surface area contributed by atoms with Gasteiger partial charge in [0.1, 0.15) is 6.04 Å². The molecule has 4 rings (SSSR count). The van der Waals surface area contributed by atoms with E-state index in [2.05, 4.69) is 36.5 Å². The number of nitrogens with zero attached hydrogens (tertiary/aromatic N) is 4. The lowest BCUT2D eigenvalue weighted by molar-refractivity contribution is -0.200. The molecule has 1 unspecified atom stereocenters. The Morgan fingerprint density at radius 2 is 2.08 bits per heavy atom. The average molecular weight is 527 g/mol. The maximum Gasteiger partial charge on any atom is 0.425 e. The summed E-state index contributed by atoms with van der Waals surface area (Å²) >= 11 is 0. The molecule has 13 heteroatoms. The van der Waals surface area contributed by atoms with Gasteiger partial charge in [-0.05, 0) is 63.4 Å². The highest BCUT2D eigenvalue weighted by molar-refractivity contribution is 5.68. The first-order chi connectivity index (χ1) is 17.4. The third-order valence-electron chi connectivity index (χ3n) is 6.88. The number of carbonyl (C=O) groups excluding carboxylic acids is 1. The van der Waals surface area contributed by atoms with E-state index in [4.69, 9.17) is 4.42 Å². The van der Waals surface area contributed by atoms with Gasteiger partial charge < -0.3 is 29.8 Å². The minimum absolute atomic E-state index is 0.226. The second kappa shape index (κ2) is 10.8. The van der Waals surface area contributed by atoms with Gasteiger partial charge in [0.05, 0.1) is 6.10 Å². The van der Waals surface area contributed by atoms with Crippen LogP contribution in [0.2, 0.25) is 0 Å². The lowest BCUT2D eigenvalue weighted by atomic mass is 10.0. The van der Waals surface area contributed by atoms with Gasteiger partial charge in [-0.2, -0.15) is 13.2 Å². The summed E-state index contributed by atoms with van der Waals surface area (Å²) in [4.78, 5) is 15.8. The fourth-order valence-electron chi connectivity index (χ4n) is 4.67. The molecule has 0 radical (unpaired) electrons. The molecule has 0 bridgehead atoms. The van der Waals surface area contributed by atoms with Crippen molar-refractivity contribution in [1.29, 1.82) is 0 Å². The van der Waals surface area contributed by atoms with E-state index in [1.807, 2.05) is 19.9 Å².